The molecule has 1 amide bonds. The second-order valence-corrected chi connectivity index (χ2v) is 7.62. The van der Waals surface area contributed by atoms with Gasteiger partial charge in [0, 0.05) is 5.56 Å². The summed E-state index contributed by atoms with van der Waals surface area (Å²) in [5, 5.41) is 22.7. The van der Waals surface area contributed by atoms with Crippen LogP contribution < -0.4 is 5.32 Å². The third-order valence-electron chi connectivity index (χ3n) is 3.75. The molecule has 7 nitrogen and oxygen atoms in total. The van der Waals surface area contributed by atoms with Crippen molar-refractivity contribution in [1.29, 1.82) is 0 Å². The molecular formula is C18H15N5O2S2. The molecule has 4 rings (SSSR count). The van der Waals surface area contributed by atoms with E-state index in [0.717, 1.165) is 27.8 Å². The number of anilines is 1. The minimum atomic E-state index is -0.191. The molecule has 0 bridgehead atoms. The SMILES string of the molecule is CCc1nnc(NC(=O)CSc2nnc(-c3ccc4ccccc4c3)o2)s1. The standard InChI is InChI=1S/C18H15N5O2S2/c1-2-15-20-22-17(27-15)19-14(24)10-26-18-23-21-16(25-18)13-8-7-11-5-3-4-6-12(11)9-13/h3-9H,2,10H2,1H3,(H,19,22,24). The first-order valence-corrected chi connectivity index (χ1v) is 10.1. The zero-order chi connectivity index (χ0) is 18.6. The zero-order valence-electron chi connectivity index (χ0n) is 14.4. The maximum atomic E-state index is 12.0. The van der Waals surface area contributed by atoms with Gasteiger partial charge in [0.1, 0.15) is 5.01 Å². The van der Waals surface area contributed by atoms with Crippen molar-refractivity contribution in [3.05, 3.63) is 47.5 Å². The van der Waals surface area contributed by atoms with Crippen LogP contribution in [0.2, 0.25) is 0 Å². The van der Waals surface area contributed by atoms with Crippen molar-refractivity contribution >= 4 is 44.9 Å². The lowest BCUT2D eigenvalue weighted by atomic mass is 10.1. The van der Waals surface area contributed by atoms with Gasteiger partial charge in [-0.3, -0.25) is 10.1 Å². The number of thioether (sulfide) groups is 1. The van der Waals surface area contributed by atoms with Crippen LogP contribution in [0, 0.1) is 0 Å². The van der Waals surface area contributed by atoms with Crippen molar-refractivity contribution in [3.8, 4) is 11.5 Å². The summed E-state index contributed by atoms with van der Waals surface area (Å²) in [6.07, 6.45) is 0.793. The minimum absolute atomic E-state index is 0.153. The maximum absolute atomic E-state index is 12.0. The lowest BCUT2D eigenvalue weighted by Crippen LogP contribution is -2.13. The van der Waals surface area contributed by atoms with Gasteiger partial charge in [-0.25, -0.2) is 0 Å². The van der Waals surface area contributed by atoms with Crippen molar-refractivity contribution in [2.45, 2.75) is 18.6 Å². The van der Waals surface area contributed by atoms with Gasteiger partial charge in [-0.1, -0.05) is 60.4 Å². The van der Waals surface area contributed by atoms with Gasteiger partial charge in [0.15, 0.2) is 0 Å². The van der Waals surface area contributed by atoms with E-state index in [1.165, 1.54) is 23.1 Å². The third-order valence-corrected chi connectivity index (χ3v) is 5.55. The fourth-order valence-electron chi connectivity index (χ4n) is 2.44. The average molecular weight is 397 g/mol. The van der Waals surface area contributed by atoms with Crippen molar-refractivity contribution in [1.82, 2.24) is 20.4 Å². The molecule has 0 unspecified atom stereocenters. The van der Waals surface area contributed by atoms with E-state index in [1.807, 2.05) is 49.4 Å². The van der Waals surface area contributed by atoms with Crippen LogP contribution in [0.4, 0.5) is 5.13 Å². The average Bonchev–Trinajstić information content (AvgIpc) is 3.35. The van der Waals surface area contributed by atoms with Gasteiger partial charge in [-0.2, -0.15) is 0 Å². The Balaban J connectivity index is 1.39. The Kier molecular flexibility index (Phi) is 5.12. The van der Waals surface area contributed by atoms with Crippen LogP contribution in [0.3, 0.4) is 0 Å². The second kappa shape index (κ2) is 7.85. The molecule has 0 spiro atoms. The summed E-state index contributed by atoms with van der Waals surface area (Å²) in [7, 11) is 0. The number of hydrogen-bond donors (Lipinski definition) is 1. The molecule has 1 N–H and O–H groups in total. The third kappa shape index (κ3) is 4.15. The molecule has 0 aliphatic rings. The predicted molar refractivity (Wildman–Crippen MR) is 106 cm³/mol. The van der Waals surface area contributed by atoms with Gasteiger partial charge < -0.3 is 4.42 Å². The molecule has 0 saturated heterocycles. The number of rotatable bonds is 6. The van der Waals surface area contributed by atoms with Crippen molar-refractivity contribution < 1.29 is 9.21 Å². The predicted octanol–water partition coefficient (Wildman–Crippen LogP) is 4.03. The van der Waals surface area contributed by atoms with Crippen molar-refractivity contribution in [2.75, 3.05) is 11.1 Å². The molecule has 0 radical (unpaired) electrons. The number of aromatic nitrogens is 4. The maximum Gasteiger partial charge on any atom is 0.277 e. The number of fused-ring (bicyclic) bond motifs is 1. The molecular weight excluding hydrogens is 382 g/mol. The molecule has 2 aromatic carbocycles. The molecule has 0 aliphatic heterocycles. The van der Waals surface area contributed by atoms with Crippen LogP contribution in [-0.4, -0.2) is 32.1 Å². The lowest BCUT2D eigenvalue weighted by Gasteiger charge is -1.99. The number of nitrogens with one attached hydrogen (secondary N) is 1. The molecule has 0 aliphatic carbocycles. The summed E-state index contributed by atoms with van der Waals surface area (Å²) in [5.74, 6) is 0.394. The molecule has 0 saturated carbocycles. The molecule has 2 heterocycles. The van der Waals surface area contributed by atoms with Gasteiger partial charge >= 0.3 is 0 Å². The Morgan fingerprint density at radius 3 is 2.78 bits per heavy atom. The van der Waals surface area contributed by atoms with Gasteiger partial charge in [-0.05, 0) is 29.3 Å². The fourth-order valence-corrected chi connectivity index (χ4v) is 3.70. The van der Waals surface area contributed by atoms with Crippen LogP contribution >= 0.6 is 23.1 Å². The normalized spacial score (nSPS) is 11.0. The number of hydrogen-bond acceptors (Lipinski definition) is 8. The summed E-state index contributed by atoms with van der Waals surface area (Å²) in [4.78, 5) is 12.0. The number of aryl methyl sites for hydroxylation is 1. The van der Waals surface area contributed by atoms with Crippen molar-refractivity contribution in [3.63, 3.8) is 0 Å². The topological polar surface area (TPSA) is 93.8 Å². The van der Waals surface area contributed by atoms with E-state index in [1.54, 1.807) is 0 Å². The molecule has 4 aromatic rings. The largest absolute Gasteiger partial charge is 0.411 e. The Bertz CT molecular complexity index is 1090. The fraction of sp³-hybridized carbons (Fsp3) is 0.167. The molecule has 0 fully saturated rings. The molecule has 27 heavy (non-hydrogen) atoms. The van der Waals surface area contributed by atoms with Crippen LogP contribution in [0.5, 0.6) is 0 Å². The van der Waals surface area contributed by atoms with Crippen LogP contribution in [0.25, 0.3) is 22.2 Å². The van der Waals surface area contributed by atoms with Gasteiger partial charge in [-0.15, -0.1) is 20.4 Å². The highest BCUT2D eigenvalue weighted by atomic mass is 32.2. The lowest BCUT2D eigenvalue weighted by molar-refractivity contribution is -0.113. The monoisotopic (exact) mass is 397 g/mol. The number of carbonyl (C=O) groups excluding carboxylic acids is 1. The highest BCUT2D eigenvalue weighted by molar-refractivity contribution is 7.99. The highest BCUT2D eigenvalue weighted by Gasteiger charge is 2.13. The summed E-state index contributed by atoms with van der Waals surface area (Å²) < 4.78 is 5.68. The van der Waals surface area contributed by atoms with E-state index >= 15 is 0 Å². The van der Waals surface area contributed by atoms with E-state index in [-0.39, 0.29) is 11.7 Å². The number of carbonyl (C=O) groups is 1. The minimum Gasteiger partial charge on any atom is -0.411 e. The number of amides is 1. The number of nitrogens with zero attached hydrogens (tertiary/aromatic N) is 4. The smallest absolute Gasteiger partial charge is 0.277 e. The van der Waals surface area contributed by atoms with Crippen molar-refractivity contribution in [2.24, 2.45) is 0 Å². The molecule has 2 aromatic heterocycles. The van der Waals surface area contributed by atoms with Gasteiger partial charge in [0.2, 0.25) is 16.9 Å². The summed E-state index contributed by atoms with van der Waals surface area (Å²) in [6, 6.07) is 14.0. The van der Waals surface area contributed by atoms with E-state index in [9.17, 15) is 4.79 Å². The summed E-state index contributed by atoms with van der Waals surface area (Å²) >= 11 is 2.55. The first kappa shape index (κ1) is 17.6. The van der Waals surface area contributed by atoms with Crippen LogP contribution in [0.15, 0.2) is 52.1 Å². The van der Waals surface area contributed by atoms with E-state index in [0.29, 0.717) is 16.2 Å². The Morgan fingerprint density at radius 2 is 1.96 bits per heavy atom. The van der Waals surface area contributed by atoms with E-state index in [4.69, 9.17) is 4.42 Å². The Labute approximate surface area is 163 Å². The summed E-state index contributed by atoms with van der Waals surface area (Å²) in [5.41, 5.74) is 0.846. The van der Waals surface area contributed by atoms with Crippen LogP contribution in [0.1, 0.15) is 11.9 Å². The van der Waals surface area contributed by atoms with E-state index in [2.05, 4.69) is 25.7 Å². The van der Waals surface area contributed by atoms with Gasteiger partial charge in [0.05, 0.1) is 5.75 Å². The van der Waals surface area contributed by atoms with Crippen LogP contribution in [-0.2, 0) is 11.2 Å². The molecule has 136 valence electrons. The molecule has 9 heteroatoms. The number of benzene rings is 2. The quantitative estimate of drug-likeness (QED) is 0.491. The highest BCUT2D eigenvalue weighted by Crippen LogP contribution is 2.26. The zero-order valence-corrected chi connectivity index (χ0v) is 16.0. The first-order valence-electron chi connectivity index (χ1n) is 8.29. The van der Waals surface area contributed by atoms with E-state index < -0.39 is 0 Å². The molecule has 0 atom stereocenters. The first-order chi connectivity index (χ1) is 13.2. The summed E-state index contributed by atoms with van der Waals surface area (Å²) in [6.45, 7) is 1.99. The Morgan fingerprint density at radius 1 is 1.11 bits per heavy atom. The second-order valence-electron chi connectivity index (χ2n) is 5.63. The van der Waals surface area contributed by atoms with Gasteiger partial charge in [0.25, 0.3) is 5.22 Å². The Hall–Kier alpha value is -2.78.